The summed E-state index contributed by atoms with van der Waals surface area (Å²) in [6, 6.07) is 47.3. The van der Waals surface area contributed by atoms with E-state index in [1.807, 2.05) is 18.2 Å². The summed E-state index contributed by atoms with van der Waals surface area (Å²) in [6.45, 7) is 4.67. The molecule has 0 unspecified atom stereocenters. The number of hydrogen-bond donors (Lipinski definition) is 0. The zero-order chi connectivity index (χ0) is 29.1. The van der Waals surface area contributed by atoms with Crippen molar-refractivity contribution in [3.8, 4) is 11.1 Å². The molecule has 6 aromatic carbocycles. The van der Waals surface area contributed by atoms with Crippen LogP contribution >= 0.6 is 0 Å². The summed E-state index contributed by atoms with van der Waals surface area (Å²) in [7, 11) is 0. The topological polar surface area (TPSA) is 20.3 Å². The van der Waals surface area contributed by atoms with E-state index in [4.69, 9.17) is 0 Å². The highest BCUT2D eigenvalue weighted by Crippen LogP contribution is 2.54. The number of carbonyl (C=O) groups is 1. The number of nitrogens with zero attached hydrogens (tertiary/aromatic N) is 1. The Morgan fingerprint density at radius 1 is 0.674 bits per heavy atom. The number of rotatable bonds is 3. The van der Waals surface area contributed by atoms with Crippen LogP contribution in [0.1, 0.15) is 46.5 Å². The van der Waals surface area contributed by atoms with Gasteiger partial charge >= 0.3 is 0 Å². The second kappa shape index (κ2) is 9.68. The predicted molar refractivity (Wildman–Crippen MR) is 179 cm³/mol. The quantitative estimate of drug-likeness (QED) is 0.203. The second-order valence-corrected chi connectivity index (χ2v) is 12.2. The van der Waals surface area contributed by atoms with Crippen LogP contribution in [0.25, 0.3) is 28.0 Å². The molecule has 8 rings (SSSR count). The van der Waals surface area contributed by atoms with Gasteiger partial charge < -0.3 is 4.90 Å². The van der Waals surface area contributed by atoms with Crippen LogP contribution in [0.3, 0.4) is 0 Å². The van der Waals surface area contributed by atoms with Crippen molar-refractivity contribution >= 4 is 39.7 Å². The Balaban J connectivity index is 1.30. The number of benzene rings is 6. The highest BCUT2D eigenvalue weighted by molar-refractivity contribution is 6.15. The molecular formula is C41H31NO. The minimum atomic E-state index is -0.261. The highest BCUT2D eigenvalue weighted by Gasteiger charge is 2.38. The van der Waals surface area contributed by atoms with Crippen molar-refractivity contribution in [2.24, 2.45) is 0 Å². The number of fused-ring (bicyclic) bond motifs is 5. The summed E-state index contributed by atoms with van der Waals surface area (Å²) in [5.41, 5.74) is 12.1. The van der Waals surface area contributed by atoms with E-state index in [2.05, 4.69) is 140 Å². The SMILES string of the molecule is CC1(C)c2cc(/C=C3/Cc4ccccc4C3=O)ccc2N(c2ccc(-c3ccccc3)cc2)c2ccc3ccccc3c21. The molecule has 2 nitrogen and oxygen atoms in total. The molecule has 1 aliphatic heterocycles. The standard InChI is InChI=1S/C41H31NO/c1-41(2)36-25-27(24-32-26-31-13-7-9-15-35(31)40(32)43)16-22-37(36)42(38-23-19-30-12-6-8-14-34(30)39(38)41)33-20-17-29(18-21-33)28-10-4-3-5-11-28/h3-25H,26H2,1-2H3/b32-24-. The largest absolute Gasteiger partial charge is 0.310 e. The van der Waals surface area contributed by atoms with Crippen molar-refractivity contribution in [2.45, 2.75) is 25.7 Å². The molecule has 43 heavy (non-hydrogen) atoms. The van der Waals surface area contributed by atoms with Crippen LogP contribution in [-0.2, 0) is 11.8 Å². The molecule has 0 saturated carbocycles. The van der Waals surface area contributed by atoms with E-state index in [0.29, 0.717) is 6.42 Å². The summed E-state index contributed by atoms with van der Waals surface area (Å²) in [6.07, 6.45) is 2.78. The Kier molecular flexibility index (Phi) is 5.74. The number of allylic oxidation sites excluding steroid dienone is 1. The van der Waals surface area contributed by atoms with Crippen LogP contribution in [0.5, 0.6) is 0 Å². The van der Waals surface area contributed by atoms with Gasteiger partial charge in [-0.05, 0) is 80.6 Å². The molecule has 0 spiro atoms. The smallest absolute Gasteiger partial charge is 0.189 e. The second-order valence-electron chi connectivity index (χ2n) is 12.2. The first-order valence-corrected chi connectivity index (χ1v) is 14.9. The lowest BCUT2D eigenvalue weighted by Crippen LogP contribution is -2.31. The van der Waals surface area contributed by atoms with E-state index in [1.54, 1.807) is 0 Å². The molecule has 1 aliphatic carbocycles. The zero-order valence-corrected chi connectivity index (χ0v) is 24.3. The minimum absolute atomic E-state index is 0.143. The third-order valence-electron chi connectivity index (χ3n) is 9.22. The average molecular weight is 554 g/mol. The molecule has 206 valence electrons. The molecular weight excluding hydrogens is 522 g/mol. The van der Waals surface area contributed by atoms with Gasteiger partial charge in [0.15, 0.2) is 5.78 Å². The molecule has 2 heteroatoms. The minimum Gasteiger partial charge on any atom is -0.310 e. The van der Waals surface area contributed by atoms with Crippen LogP contribution in [0, 0.1) is 0 Å². The fourth-order valence-corrected chi connectivity index (χ4v) is 7.09. The summed E-state index contributed by atoms with van der Waals surface area (Å²) < 4.78 is 0. The van der Waals surface area contributed by atoms with E-state index in [1.165, 1.54) is 44.4 Å². The Morgan fingerprint density at radius 3 is 2.19 bits per heavy atom. The Hall–Kier alpha value is -5.21. The lowest BCUT2D eigenvalue weighted by molar-refractivity contribution is 0.104. The van der Waals surface area contributed by atoms with Crippen LogP contribution in [0.15, 0.2) is 139 Å². The molecule has 6 aromatic rings. The van der Waals surface area contributed by atoms with Gasteiger partial charge in [0.1, 0.15) is 0 Å². The van der Waals surface area contributed by atoms with E-state index >= 15 is 0 Å². The summed E-state index contributed by atoms with van der Waals surface area (Å²) in [5, 5.41) is 2.51. The summed E-state index contributed by atoms with van der Waals surface area (Å²) in [4.78, 5) is 15.6. The van der Waals surface area contributed by atoms with E-state index < -0.39 is 0 Å². The van der Waals surface area contributed by atoms with Crippen LogP contribution < -0.4 is 4.90 Å². The maximum absolute atomic E-state index is 13.2. The van der Waals surface area contributed by atoms with E-state index in [-0.39, 0.29) is 11.2 Å². The molecule has 0 radical (unpaired) electrons. The van der Waals surface area contributed by atoms with Gasteiger partial charge in [-0.1, -0.05) is 117 Å². The maximum atomic E-state index is 13.2. The third-order valence-corrected chi connectivity index (χ3v) is 9.22. The molecule has 0 bridgehead atoms. The zero-order valence-electron chi connectivity index (χ0n) is 24.3. The molecule has 0 fully saturated rings. The lowest BCUT2D eigenvalue weighted by atomic mass is 9.71. The normalized spacial score (nSPS) is 15.8. The van der Waals surface area contributed by atoms with Crippen molar-refractivity contribution in [3.05, 3.63) is 167 Å². The number of Topliss-reactive ketones (excluding diaryl/α,β-unsaturated/α-hetero) is 1. The molecule has 0 atom stereocenters. The lowest BCUT2D eigenvalue weighted by Gasteiger charge is -2.43. The molecule has 0 N–H and O–H groups in total. The monoisotopic (exact) mass is 553 g/mol. The Morgan fingerprint density at radius 2 is 1.37 bits per heavy atom. The van der Waals surface area contributed by atoms with Crippen LogP contribution in [-0.4, -0.2) is 5.78 Å². The fourth-order valence-electron chi connectivity index (χ4n) is 7.09. The summed E-state index contributed by atoms with van der Waals surface area (Å²) >= 11 is 0. The predicted octanol–water partition coefficient (Wildman–Crippen LogP) is 10.4. The molecule has 0 aromatic heterocycles. The maximum Gasteiger partial charge on any atom is 0.189 e. The Bertz CT molecular complexity index is 2080. The summed E-state index contributed by atoms with van der Waals surface area (Å²) in [5.74, 6) is 0.143. The highest BCUT2D eigenvalue weighted by atomic mass is 16.1. The van der Waals surface area contributed by atoms with E-state index in [0.717, 1.165) is 28.0 Å². The number of ketones is 1. The van der Waals surface area contributed by atoms with Crippen molar-refractivity contribution in [1.29, 1.82) is 0 Å². The van der Waals surface area contributed by atoms with Gasteiger partial charge in [-0.15, -0.1) is 0 Å². The third kappa shape index (κ3) is 4.06. The van der Waals surface area contributed by atoms with Crippen molar-refractivity contribution < 1.29 is 4.79 Å². The van der Waals surface area contributed by atoms with Crippen molar-refractivity contribution in [2.75, 3.05) is 4.90 Å². The number of anilines is 3. The Labute approximate surface area is 252 Å². The average Bonchev–Trinajstić information content (AvgIpc) is 3.36. The van der Waals surface area contributed by atoms with E-state index in [9.17, 15) is 4.79 Å². The molecule has 2 aliphatic rings. The first-order chi connectivity index (χ1) is 21.0. The van der Waals surface area contributed by atoms with Gasteiger partial charge in [0.25, 0.3) is 0 Å². The fraction of sp³-hybridized carbons (Fsp3) is 0.0976. The molecule has 0 amide bonds. The first-order valence-electron chi connectivity index (χ1n) is 14.9. The van der Waals surface area contributed by atoms with Crippen LogP contribution in [0.2, 0.25) is 0 Å². The van der Waals surface area contributed by atoms with Crippen LogP contribution in [0.4, 0.5) is 17.1 Å². The molecule has 1 heterocycles. The van der Waals surface area contributed by atoms with Gasteiger partial charge in [0.2, 0.25) is 0 Å². The van der Waals surface area contributed by atoms with Crippen molar-refractivity contribution in [3.63, 3.8) is 0 Å². The molecule has 0 saturated heterocycles. The van der Waals surface area contributed by atoms with Gasteiger partial charge in [-0.3, -0.25) is 4.79 Å². The van der Waals surface area contributed by atoms with Gasteiger partial charge in [-0.25, -0.2) is 0 Å². The first kappa shape index (κ1) is 25.5. The van der Waals surface area contributed by atoms with Crippen molar-refractivity contribution in [1.82, 2.24) is 0 Å². The van der Waals surface area contributed by atoms with Gasteiger partial charge in [0, 0.05) is 28.7 Å². The number of hydrogen-bond acceptors (Lipinski definition) is 2. The van der Waals surface area contributed by atoms with Gasteiger partial charge in [0.05, 0.1) is 11.4 Å². The van der Waals surface area contributed by atoms with Gasteiger partial charge in [-0.2, -0.15) is 0 Å². The number of carbonyl (C=O) groups excluding carboxylic acids is 1.